The van der Waals surface area contributed by atoms with Crippen LogP contribution in [0.15, 0.2) is 53.3 Å². The molecule has 0 bridgehead atoms. The van der Waals surface area contributed by atoms with Gasteiger partial charge in [-0.15, -0.1) is 0 Å². The van der Waals surface area contributed by atoms with Crippen LogP contribution in [0.1, 0.15) is 37.4 Å². The number of rotatable bonds is 4. The Bertz CT molecular complexity index is 1030. The van der Waals surface area contributed by atoms with Gasteiger partial charge in [-0.1, -0.05) is 24.3 Å². The van der Waals surface area contributed by atoms with Crippen molar-refractivity contribution in [1.82, 2.24) is 14.5 Å². The number of nitrogens with one attached hydrogen (secondary N) is 1. The number of non-ortho nitro benzene ring substituents is 1. The third-order valence-electron chi connectivity index (χ3n) is 5.60. The summed E-state index contributed by atoms with van der Waals surface area (Å²) in [5, 5.41) is 11.0. The maximum Gasteiger partial charge on any atom is 0.326 e. The van der Waals surface area contributed by atoms with Gasteiger partial charge in [-0.3, -0.25) is 19.6 Å². The van der Waals surface area contributed by atoms with Crippen LogP contribution in [0.4, 0.5) is 5.69 Å². The van der Waals surface area contributed by atoms with Crippen molar-refractivity contribution < 1.29 is 4.92 Å². The number of hydrogen-bond acceptors (Lipinski definition) is 4. The van der Waals surface area contributed by atoms with E-state index >= 15 is 0 Å². The average Bonchev–Trinajstić information content (AvgIpc) is 3.03. The van der Waals surface area contributed by atoms with Gasteiger partial charge in [-0.25, -0.2) is 4.79 Å². The number of fused-ring (bicyclic) bond motifs is 1. The Morgan fingerprint density at radius 1 is 1.15 bits per heavy atom. The van der Waals surface area contributed by atoms with Crippen LogP contribution in [0.5, 0.6) is 0 Å². The summed E-state index contributed by atoms with van der Waals surface area (Å²) in [5.74, 6) is 0. The predicted octanol–water partition coefficient (Wildman–Crippen LogP) is 3.64. The van der Waals surface area contributed by atoms with Crippen LogP contribution in [0.2, 0.25) is 0 Å². The van der Waals surface area contributed by atoms with Gasteiger partial charge >= 0.3 is 5.69 Å². The third kappa shape index (κ3) is 3.26. The van der Waals surface area contributed by atoms with Gasteiger partial charge in [0.25, 0.3) is 5.69 Å². The molecule has 2 aromatic carbocycles. The topological polar surface area (TPSA) is 84.2 Å². The first-order chi connectivity index (χ1) is 13.0. The standard InChI is InChI=1S/C20H22N4O3/c1-14(15-5-4-6-17(13-15)24(26)27)22-11-9-16(10-12-22)23-19-8-3-2-7-18(19)21-20(23)25/h2-8,13-14,16H,9-12H2,1H3,(H,21,25). The van der Waals surface area contributed by atoms with E-state index in [1.807, 2.05) is 34.9 Å². The number of nitro benzene ring substituents is 1. The summed E-state index contributed by atoms with van der Waals surface area (Å²) in [6.07, 6.45) is 1.75. The zero-order valence-electron chi connectivity index (χ0n) is 15.2. The van der Waals surface area contributed by atoms with Crippen molar-refractivity contribution in [2.45, 2.75) is 31.8 Å². The largest absolute Gasteiger partial charge is 0.326 e. The number of nitro groups is 1. The molecular formula is C20H22N4O3. The van der Waals surface area contributed by atoms with E-state index in [0.717, 1.165) is 42.5 Å². The van der Waals surface area contributed by atoms with Crippen molar-refractivity contribution in [2.75, 3.05) is 13.1 Å². The quantitative estimate of drug-likeness (QED) is 0.564. The minimum absolute atomic E-state index is 0.0543. The minimum Gasteiger partial charge on any atom is -0.306 e. The van der Waals surface area contributed by atoms with Gasteiger partial charge in [0, 0.05) is 37.3 Å². The molecule has 7 heteroatoms. The minimum atomic E-state index is -0.355. The Kier molecular flexibility index (Phi) is 4.53. The predicted molar refractivity (Wildman–Crippen MR) is 104 cm³/mol. The molecule has 1 N–H and O–H groups in total. The number of piperidine rings is 1. The summed E-state index contributed by atoms with van der Waals surface area (Å²) < 4.78 is 1.88. The second kappa shape index (κ2) is 7.00. The van der Waals surface area contributed by atoms with Gasteiger partial charge in [0.15, 0.2) is 0 Å². The number of H-pyrrole nitrogens is 1. The molecule has 1 atom stereocenters. The van der Waals surface area contributed by atoms with E-state index in [-0.39, 0.29) is 28.4 Å². The number of likely N-dealkylation sites (tertiary alicyclic amines) is 1. The molecule has 27 heavy (non-hydrogen) atoms. The Labute approximate surface area is 156 Å². The molecule has 0 amide bonds. The fourth-order valence-corrected chi connectivity index (χ4v) is 4.08. The maximum absolute atomic E-state index is 12.4. The fraction of sp³-hybridized carbons (Fsp3) is 0.350. The first kappa shape index (κ1) is 17.5. The highest BCUT2D eigenvalue weighted by atomic mass is 16.6. The zero-order chi connectivity index (χ0) is 19.0. The molecule has 0 radical (unpaired) electrons. The van der Waals surface area contributed by atoms with Crippen LogP contribution in [0, 0.1) is 10.1 Å². The number of hydrogen-bond donors (Lipinski definition) is 1. The smallest absolute Gasteiger partial charge is 0.306 e. The van der Waals surface area contributed by atoms with Gasteiger partial charge < -0.3 is 4.98 Å². The monoisotopic (exact) mass is 366 g/mol. The van der Waals surface area contributed by atoms with E-state index in [1.165, 1.54) is 6.07 Å². The number of aromatic nitrogens is 2. The summed E-state index contributed by atoms with van der Waals surface area (Å²) in [6, 6.07) is 14.9. The molecule has 140 valence electrons. The summed E-state index contributed by atoms with van der Waals surface area (Å²) in [5.41, 5.74) is 2.84. The van der Waals surface area contributed by atoms with E-state index in [0.29, 0.717) is 0 Å². The average molecular weight is 366 g/mol. The molecule has 0 spiro atoms. The maximum atomic E-state index is 12.4. The van der Waals surface area contributed by atoms with E-state index in [9.17, 15) is 14.9 Å². The summed E-state index contributed by atoms with van der Waals surface area (Å²) in [6.45, 7) is 3.78. The summed E-state index contributed by atoms with van der Waals surface area (Å²) >= 11 is 0. The van der Waals surface area contributed by atoms with E-state index in [4.69, 9.17) is 0 Å². The van der Waals surface area contributed by atoms with Crippen molar-refractivity contribution in [3.8, 4) is 0 Å². The van der Waals surface area contributed by atoms with E-state index < -0.39 is 0 Å². The Balaban J connectivity index is 1.50. The number of imidazole rings is 1. The van der Waals surface area contributed by atoms with Crippen molar-refractivity contribution in [3.05, 3.63) is 74.7 Å². The van der Waals surface area contributed by atoms with E-state index in [1.54, 1.807) is 12.1 Å². The van der Waals surface area contributed by atoms with Crippen molar-refractivity contribution in [1.29, 1.82) is 0 Å². The lowest BCUT2D eigenvalue weighted by Gasteiger charge is -2.36. The number of aromatic amines is 1. The lowest BCUT2D eigenvalue weighted by atomic mass is 9.99. The van der Waals surface area contributed by atoms with Crippen molar-refractivity contribution >= 4 is 16.7 Å². The second-order valence-electron chi connectivity index (χ2n) is 7.11. The number of para-hydroxylation sites is 2. The normalized spacial score (nSPS) is 17.2. The summed E-state index contributed by atoms with van der Waals surface area (Å²) in [7, 11) is 0. The molecule has 0 aliphatic carbocycles. The molecule has 3 aromatic rings. The molecule has 1 aromatic heterocycles. The van der Waals surface area contributed by atoms with Gasteiger partial charge in [0.05, 0.1) is 16.0 Å². The molecule has 1 saturated heterocycles. The highest BCUT2D eigenvalue weighted by Crippen LogP contribution is 2.31. The number of benzene rings is 2. The van der Waals surface area contributed by atoms with Gasteiger partial charge in [-0.2, -0.15) is 0 Å². The lowest BCUT2D eigenvalue weighted by molar-refractivity contribution is -0.385. The molecule has 1 aliphatic heterocycles. The number of nitrogens with zero attached hydrogens (tertiary/aromatic N) is 3. The van der Waals surface area contributed by atoms with Crippen LogP contribution in [-0.2, 0) is 0 Å². The van der Waals surface area contributed by atoms with Crippen LogP contribution in [0.3, 0.4) is 0 Å². The summed E-state index contributed by atoms with van der Waals surface area (Å²) in [4.78, 5) is 28.3. The highest BCUT2D eigenvalue weighted by molar-refractivity contribution is 5.75. The van der Waals surface area contributed by atoms with Crippen LogP contribution in [-0.4, -0.2) is 32.5 Å². The zero-order valence-corrected chi connectivity index (χ0v) is 15.2. The van der Waals surface area contributed by atoms with Gasteiger partial charge in [0.1, 0.15) is 0 Å². The molecule has 4 rings (SSSR count). The molecule has 1 unspecified atom stereocenters. The molecular weight excluding hydrogens is 344 g/mol. The Morgan fingerprint density at radius 3 is 2.63 bits per heavy atom. The Morgan fingerprint density at radius 2 is 1.89 bits per heavy atom. The molecule has 0 saturated carbocycles. The first-order valence-corrected chi connectivity index (χ1v) is 9.22. The van der Waals surface area contributed by atoms with Gasteiger partial charge in [0.2, 0.25) is 0 Å². The second-order valence-corrected chi connectivity index (χ2v) is 7.11. The highest BCUT2D eigenvalue weighted by Gasteiger charge is 2.27. The molecule has 2 heterocycles. The Hall–Kier alpha value is -2.93. The van der Waals surface area contributed by atoms with Gasteiger partial charge in [-0.05, 0) is 37.5 Å². The SMILES string of the molecule is CC(c1cccc([N+](=O)[O-])c1)N1CCC(n2c(=O)[nH]c3ccccc32)CC1. The molecule has 1 fully saturated rings. The van der Waals surface area contributed by atoms with Crippen LogP contribution >= 0.6 is 0 Å². The van der Waals surface area contributed by atoms with E-state index in [2.05, 4.69) is 16.8 Å². The van der Waals surface area contributed by atoms with Crippen molar-refractivity contribution in [2.24, 2.45) is 0 Å². The fourth-order valence-electron chi connectivity index (χ4n) is 4.08. The van der Waals surface area contributed by atoms with Crippen LogP contribution in [0.25, 0.3) is 11.0 Å². The van der Waals surface area contributed by atoms with Crippen molar-refractivity contribution in [3.63, 3.8) is 0 Å². The first-order valence-electron chi connectivity index (χ1n) is 9.22. The third-order valence-corrected chi connectivity index (χ3v) is 5.60. The van der Waals surface area contributed by atoms with Crippen LogP contribution < -0.4 is 5.69 Å². The lowest BCUT2D eigenvalue weighted by Crippen LogP contribution is -2.38. The molecule has 7 nitrogen and oxygen atoms in total. The molecule has 1 aliphatic rings.